The fraction of sp³-hybridized carbons (Fsp3) is 0.632. The van der Waals surface area contributed by atoms with Gasteiger partial charge in [-0.15, -0.1) is 0 Å². The predicted octanol–water partition coefficient (Wildman–Crippen LogP) is -2.88. The van der Waals surface area contributed by atoms with E-state index >= 15 is 0 Å². The maximum atomic E-state index is 11.9. The van der Waals surface area contributed by atoms with Gasteiger partial charge in [-0.1, -0.05) is 12.1 Å². The molecule has 0 spiro atoms. The Balaban J connectivity index is 1.68. The Hall–Kier alpha value is -1.87. The zero-order chi connectivity index (χ0) is 22.8. The smallest absolute Gasteiger partial charge is 0.341 e. The second-order valence-corrected chi connectivity index (χ2v) is 7.34. The summed E-state index contributed by atoms with van der Waals surface area (Å²) in [6.07, 6.45) is -10.5. The number of benzene rings is 1. The van der Waals surface area contributed by atoms with Gasteiger partial charge in [-0.2, -0.15) is 0 Å². The molecular formula is C19H26O12. The first-order valence-electron chi connectivity index (χ1n) is 9.50. The molecule has 2 aliphatic heterocycles. The highest BCUT2D eigenvalue weighted by atomic mass is 16.7. The predicted molar refractivity (Wildman–Crippen MR) is 98.8 cm³/mol. The highest BCUT2D eigenvalue weighted by molar-refractivity contribution is 5.92. The first-order valence-corrected chi connectivity index (χ1v) is 9.50. The molecule has 1 aromatic carbocycles. The Morgan fingerprint density at radius 1 is 1.13 bits per heavy atom. The zero-order valence-electron chi connectivity index (χ0n) is 16.6. The Labute approximate surface area is 177 Å². The maximum absolute atomic E-state index is 11.9. The first-order chi connectivity index (χ1) is 14.7. The van der Waals surface area contributed by atoms with E-state index in [-0.39, 0.29) is 17.9 Å². The van der Waals surface area contributed by atoms with Gasteiger partial charge in [0.2, 0.25) is 6.29 Å². The zero-order valence-corrected chi connectivity index (χ0v) is 16.6. The summed E-state index contributed by atoms with van der Waals surface area (Å²) in [5.74, 6) is -0.672. The number of aliphatic hydroxyl groups excluding tert-OH is 5. The largest absolute Gasteiger partial charge is 0.465 e. The van der Waals surface area contributed by atoms with Crippen LogP contribution in [0, 0.1) is 0 Å². The lowest BCUT2D eigenvalue weighted by Crippen LogP contribution is -2.60. The highest BCUT2D eigenvalue weighted by Crippen LogP contribution is 2.29. The van der Waals surface area contributed by atoms with Gasteiger partial charge in [0.25, 0.3) is 0 Å². The summed E-state index contributed by atoms with van der Waals surface area (Å²) in [5, 5.41) is 59.9. The molecule has 0 amide bonds. The van der Waals surface area contributed by atoms with Gasteiger partial charge in [0, 0.05) is 0 Å². The molecule has 2 fully saturated rings. The number of carbonyl (C=O) groups excluding carboxylic acids is 1. The summed E-state index contributed by atoms with van der Waals surface area (Å²) in [7, 11) is 1.19. The van der Waals surface area contributed by atoms with E-state index in [9.17, 15) is 30.3 Å². The average Bonchev–Trinajstić information content (AvgIpc) is 3.07. The molecule has 0 aliphatic carbocycles. The lowest BCUT2D eigenvalue weighted by Gasteiger charge is -2.40. The van der Waals surface area contributed by atoms with Crippen molar-refractivity contribution in [2.75, 3.05) is 26.9 Å². The molecule has 2 saturated heterocycles. The summed E-state index contributed by atoms with van der Waals surface area (Å²) < 4.78 is 26.2. The van der Waals surface area contributed by atoms with Crippen LogP contribution < -0.4 is 4.74 Å². The van der Waals surface area contributed by atoms with Crippen LogP contribution in [0.5, 0.6) is 5.75 Å². The number of aliphatic hydroxyl groups is 6. The van der Waals surface area contributed by atoms with Crippen LogP contribution in [0.15, 0.2) is 24.3 Å². The number of carbonyl (C=O) groups is 1. The third-order valence-corrected chi connectivity index (χ3v) is 5.21. The minimum absolute atomic E-state index is 0.0178. The van der Waals surface area contributed by atoms with Crippen molar-refractivity contribution in [2.45, 2.75) is 48.7 Å². The number of methoxy groups -OCH3 is 1. The molecule has 3 rings (SSSR count). The fourth-order valence-electron chi connectivity index (χ4n) is 3.25. The summed E-state index contributed by atoms with van der Waals surface area (Å²) in [5.41, 5.74) is -1.84. The van der Waals surface area contributed by atoms with Crippen molar-refractivity contribution in [3.63, 3.8) is 0 Å². The molecular weight excluding hydrogens is 420 g/mol. The molecule has 0 aromatic heterocycles. The van der Waals surface area contributed by atoms with Crippen LogP contribution in [0.1, 0.15) is 10.4 Å². The summed E-state index contributed by atoms with van der Waals surface area (Å²) in [4.78, 5) is 11.9. The van der Waals surface area contributed by atoms with Gasteiger partial charge in [-0.05, 0) is 12.1 Å². The van der Waals surface area contributed by atoms with Crippen molar-refractivity contribution >= 4 is 5.97 Å². The van der Waals surface area contributed by atoms with Crippen molar-refractivity contribution in [2.24, 2.45) is 0 Å². The molecule has 31 heavy (non-hydrogen) atoms. The second kappa shape index (κ2) is 9.73. The van der Waals surface area contributed by atoms with E-state index in [1.54, 1.807) is 12.1 Å². The Kier molecular flexibility index (Phi) is 7.47. The van der Waals surface area contributed by atoms with Gasteiger partial charge in [-0.25, -0.2) is 4.79 Å². The average molecular weight is 446 g/mol. The van der Waals surface area contributed by atoms with Crippen LogP contribution in [0.3, 0.4) is 0 Å². The van der Waals surface area contributed by atoms with Gasteiger partial charge in [0.05, 0.1) is 26.9 Å². The van der Waals surface area contributed by atoms with Gasteiger partial charge in [0.15, 0.2) is 6.29 Å². The number of hydrogen-bond acceptors (Lipinski definition) is 12. The van der Waals surface area contributed by atoms with E-state index < -0.39 is 67.9 Å². The molecule has 8 atom stereocenters. The van der Waals surface area contributed by atoms with Crippen LogP contribution >= 0.6 is 0 Å². The summed E-state index contributed by atoms with van der Waals surface area (Å²) >= 11 is 0. The molecule has 2 heterocycles. The monoisotopic (exact) mass is 446 g/mol. The number of ether oxygens (including phenoxy) is 5. The second-order valence-electron chi connectivity index (χ2n) is 7.34. The summed E-state index contributed by atoms with van der Waals surface area (Å²) in [6.45, 7) is -1.55. The normalized spacial score (nSPS) is 38.1. The van der Waals surface area contributed by atoms with Crippen LogP contribution in [0.2, 0.25) is 0 Å². The molecule has 12 nitrogen and oxygen atoms in total. The van der Waals surface area contributed by atoms with E-state index in [1.165, 1.54) is 19.2 Å². The quantitative estimate of drug-likeness (QED) is 0.235. The van der Waals surface area contributed by atoms with E-state index in [0.717, 1.165) is 0 Å². The van der Waals surface area contributed by atoms with Gasteiger partial charge >= 0.3 is 5.97 Å². The van der Waals surface area contributed by atoms with Gasteiger partial charge < -0.3 is 54.3 Å². The Morgan fingerprint density at radius 3 is 2.48 bits per heavy atom. The molecule has 0 bridgehead atoms. The number of esters is 1. The van der Waals surface area contributed by atoms with Crippen molar-refractivity contribution in [1.29, 1.82) is 0 Å². The standard InChI is InChI=1S/C19H26O12/c1-27-16(25)9-4-2-3-5-10(9)30-17-14(23)13(22)12(21)11(31-17)6-28-18-15(24)19(26,7-20)8-29-18/h2-5,11-15,17-18,20-24,26H,6-8H2,1H3/t11-,12-,13+,14-,15+,17-,18-,19-/m1/s1. The molecule has 0 radical (unpaired) electrons. The summed E-state index contributed by atoms with van der Waals surface area (Å²) in [6, 6.07) is 6.02. The van der Waals surface area contributed by atoms with Crippen molar-refractivity contribution in [3.05, 3.63) is 29.8 Å². The first kappa shape index (κ1) is 23.8. The van der Waals surface area contributed by atoms with E-state index in [2.05, 4.69) is 4.74 Å². The van der Waals surface area contributed by atoms with Crippen molar-refractivity contribution in [3.8, 4) is 5.75 Å². The van der Waals surface area contributed by atoms with Gasteiger partial charge in [0.1, 0.15) is 47.4 Å². The Morgan fingerprint density at radius 2 is 1.84 bits per heavy atom. The lowest BCUT2D eigenvalue weighted by atomic mass is 9.99. The molecule has 0 unspecified atom stereocenters. The fourth-order valence-corrected chi connectivity index (χ4v) is 3.25. The molecule has 1 aromatic rings. The SMILES string of the molecule is COC(=O)c1ccccc1O[C@@H]1O[C@H](CO[C@@H]2OC[C@](O)(CO)[C@H]2O)[C@@H](O)[C@H](O)[C@H]1O. The van der Waals surface area contributed by atoms with Crippen LogP contribution in [0.25, 0.3) is 0 Å². The van der Waals surface area contributed by atoms with Gasteiger partial charge in [-0.3, -0.25) is 0 Å². The molecule has 0 saturated carbocycles. The lowest BCUT2D eigenvalue weighted by molar-refractivity contribution is -0.289. The van der Waals surface area contributed by atoms with Crippen LogP contribution in [-0.4, -0.2) is 112 Å². The minimum atomic E-state index is -1.89. The number of rotatable bonds is 7. The Bertz CT molecular complexity index is 759. The third-order valence-electron chi connectivity index (χ3n) is 5.21. The molecule has 12 heteroatoms. The minimum Gasteiger partial charge on any atom is -0.465 e. The molecule has 2 aliphatic rings. The topological polar surface area (TPSA) is 185 Å². The van der Waals surface area contributed by atoms with E-state index in [4.69, 9.17) is 24.1 Å². The van der Waals surface area contributed by atoms with E-state index in [0.29, 0.717) is 0 Å². The van der Waals surface area contributed by atoms with Crippen molar-refractivity contribution < 1.29 is 59.1 Å². The van der Waals surface area contributed by atoms with Crippen molar-refractivity contribution in [1.82, 2.24) is 0 Å². The van der Waals surface area contributed by atoms with E-state index in [1.807, 2.05) is 0 Å². The maximum Gasteiger partial charge on any atom is 0.341 e. The van der Waals surface area contributed by atoms with Crippen LogP contribution in [-0.2, 0) is 18.9 Å². The van der Waals surface area contributed by atoms with Crippen LogP contribution in [0.4, 0.5) is 0 Å². The number of hydrogen-bond donors (Lipinski definition) is 6. The number of para-hydroxylation sites is 1. The third kappa shape index (κ3) is 4.82. The highest BCUT2D eigenvalue weighted by Gasteiger charge is 2.50. The molecule has 174 valence electrons. The molecule has 6 N–H and O–H groups in total.